The highest BCUT2D eigenvalue weighted by atomic mass is 16.5. The second-order valence-corrected chi connectivity index (χ2v) is 4.20. The number of carbonyl (C=O) groups excluding carboxylic acids is 1. The van der Waals surface area contributed by atoms with Gasteiger partial charge in [0.25, 0.3) is 0 Å². The highest BCUT2D eigenvalue weighted by Crippen LogP contribution is 2.24. The molecule has 0 aliphatic heterocycles. The number of aryl methyl sites for hydroxylation is 2. The van der Waals surface area contributed by atoms with Crippen molar-refractivity contribution in [2.45, 2.75) is 6.92 Å². The molecule has 0 radical (unpaired) electrons. The van der Waals surface area contributed by atoms with Crippen LogP contribution >= 0.6 is 0 Å². The predicted octanol–water partition coefficient (Wildman–Crippen LogP) is 1.98. The summed E-state index contributed by atoms with van der Waals surface area (Å²) in [5, 5.41) is 4.04. The van der Waals surface area contributed by atoms with Gasteiger partial charge >= 0.3 is 0 Å². The van der Waals surface area contributed by atoms with Crippen molar-refractivity contribution in [3.05, 3.63) is 41.2 Å². The number of benzene rings is 1. The Morgan fingerprint density at radius 2 is 1.89 bits per heavy atom. The van der Waals surface area contributed by atoms with E-state index in [1.54, 1.807) is 32.4 Å². The van der Waals surface area contributed by atoms with Gasteiger partial charge in [0.1, 0.15) is 5.75 Å². The van der Waals surface area contributed by atoms with E-state index in [2.05, 4.69) is 5.10 Å². The van der Waals surface area contributed by atoms with E-state index in [1.807, 2.05) is 6.92 Å². The molecule has 1 aromatic carbocycles. The van der Waals surface area contributed by atoms with Crippen LogP contribution in [0.2, 0.25) is 0 Å². The zero-order chi connectivity index (χ0) is 14.0. The van der Waals surface area contributed by atoms with Crippen LogP contribution < -0.4 is 9.47 Å². The van der Waals surface area contributed by atoms with Crippen LogP contribution in [0.25, 0.3) is 0 Å². The van der Waals surface area contributed by atoms with Crippen molar-refractivity contribution in [1.29, 1.82) is 0 Å². The fraction of sp³-hybridized carbons (Fsp3) is 0.286. The molecule has 2 rings (SSSR count). The number of hydrogen-bond acceptors (Lipinski definition) is 4. The van der Waals surface area contributed by atoms with Crippen molar-refractivity contribution in [2.24, 2.45) is 7.05 Å². The number of rotatable bonds is 4. The summed E-state index contributed by atoms with van der Waals surface area (Å²) in [6.45, 7) is 1.90. The van der Waals surface area contributed by atoms with Crippen LogP contribution in [0.1, 0.15) is 21.6 Å². The third kappa shape index (κ3) is 2.31. The largest absolute Gasteiger partial charge is 0.496 e. The molecule has 0 atom stereocenters. The standard InChI is InChI=1S/C14H16N2O3/c1-9-7-10(5-6-11(9)18-3)14(17)13-12(19-4)8-15-16(13)2/h5-8H,1-4H3. The van der Waals surface area contributed by atoms with Gasteiger partial charge in [-0.3, -0.25) is 9.48 Å². The molecule has 0 unspecified atom stereocenters. The fourth-order valence-electron chi connectivity index (χ4n) is 1.98. The number of nitrogens with zero attached hydrogens (tertiary/aromatic N) is 2. The van der Waals surface area contributed by atoms with Crippen molar-refractivity contribution < 1.29 is 14.3 Å². The van der Waals surface area contributed by atoms with Crippen LogP contribution in [0, 0.1) is 6.92 Å². The molecule has 0 N–H and O–H groups in total. The summed E-state index contributed by atoms with van der Waals surface area (Å²) in [7, 11) is 4.84. The monoisotopic (exact) mass is 260 g/mol. The first-order valence-electron chi connectivity index (χ1n) is 5.83. The third-order valence-electron chi connectivity index (χ3n) is 3.00. The molecule has 0 aliphatic carbocycles. The Hall–Kier alpha value is -2.30. The molecule has 2 aromatic rings. The van der Waals surface area contributed by atoms with Crippen LogP contribution in [0.3, 0.4) is 0 Å². The second-order valence-electron chi connectivity index (χ2n) is 4.20. The Bertz CT molecular complexity index is 617. The van der Waals surface area contributed by atoms with E-state index < -0.39 is 0 Å². The van der Waals surface area contributed by atoms with Gasteiger partial charge in [-0.1, -0.05) is 0 Å². The molecule has 100 valence electrons. The molecule has 5 nitrogen and oxygen atoms in total. The minimum Gasteiger partial charge on any atom is -0.496 e. The molecule has 0 spiro atoms. The zero-order valence-electron chi connectivity index (χ0n) is 11.4. The molecule has 0 saturated heterocycles. The highest BCUT2D eigenvalue weighted by Gasteiger charge is 2.19. The van der Waals surface area contributed by atoms with E-state index in [4.69, 9.17) is 9.47 Å². The molecule has 0 bridgehead atoms. The van der Waals surface area contributed by atoms with Gasteiger partial charge < -0.3 is 9.47 Å². The first-order valence-corrected chi connectivity index (χ1v) is 5.83. The first-order chi connectivity index (χ1) is 9.08. The quantitative estimate of drug-likeness (QED) is 0.789. The van der Waals surface area contributed by atoms with Gasteiger partial charge in [0.2, 0.25) is 5.78 Å². The Labute approximate surface area is 111 Å². The van der Waals surface area contributed by atoms with Gasteiger partial charge in [-0.15, -0.1) is 0 Å². The van der Waals surface area contributed by atoms with Crippen molar-refractivity contribution >= 4 is 5.78 Å². The van der Waals surface area contributed by atoms with E-state index in [0.29, 0.717) is 17.0 Å². The smallest absolute Gasteiger partial charge is 0.214 e. The summed E-state index contributed by atoms with van der Waals surface area (Å²) in [6, 6.07) is 5.32. The Morgan fingerprint density at radius 1 is 1.21 bits per heavy atom. The Kier molecular flexibility index (Phi) is 3.55. The van der Waals surface area contributed by atoms with Gasteiger partial charge in [0.05, 0.1) is 20.4 Å². The average molecular weight is 260 g/mol. The van der Waals surface area contributed by atoms with E-state index in [0.717, 1.165) is 11.3 Å². The summed E-state index contributed by atoms with van der Waals surface area (Å²) < 4.78 is 11.9. The minimum absolute atomic E-state index is 0.123. The molecule has 0 saturated carbocycles. The molecule has 5 heteroatoms. The summed E-state index contributed by atoms with van der Waals surface area (Å²) in [4.78, 5) is 12.5. The average Bonchev–Trinajstić information content (AvgIpc) is 2.78. The maximum atomic E-state index is 12.5. The molecule has 0 aliphatic rings. The molecule has 1 aromatic heterocycles. The van der Waals surface area contributed by atoms with Crippen LogP contribution in [0.4, 0.5) is 0 Å². The lowest BCUT2D eigenvalue weighted by molar-refractivity contribution is 0.102. The van der Waals surface area contributed by atoms with Crippen molar-refractivity contribution in [2.75, 3.05) is 14.2 Å². The Morgan fingerprint density at radius 3 is 2.47 bits per heavy atom. The van der Waals surface area contributed by atoms with Gasteiger partial charge in [-0.05, 0) is 30.7 Å². The van der Waals surface area contributed by atoms with Gasteiger partial charge in [-0.25, -0.2) is 0 Å². The summed E-state index contributed by atoms with van der Waals surface area (Å²) in [5.41, 5.74) is 1.93. The molecular formula is C14H16N2O3. The number of ether oxygens (including phenoxy) is 2. The fourth-order valence-corrected chi connectivity index (χ4v) is 1.98. The summed E-state index contributed by atoms with van der Waals surface area (Å²) >= 11 is 0. The summed E-state index contributed by atoms with van der Waals surface area (Å²) in [6.07, 6.45) is 1.53. The van der Waals surface area contributed by atoms with Gasteiger partial charge in [0.15, 0.2) is 11.4 Å². The highest BCUT2D eigenvalue weighted by molar-refractivity contribution is 6.09. The lowest BCUT2D eigenvalue weighted by Crippen LogP contribution is -2.10. The Balaban J connectivity index is 2.44. The van der Waals surface area contributed by atoms with Crippen LogP contribution in [0.15, 0.2) is 24.4 Å². The number of methoxy groups -OCH3 is 2. The molecule has 19 heavy (non-hydrogen) atoms. The zero-order valence-corrected chi connectivity index (χ0v) is 11.4. The first kappa shape index (κ1) is 13.1. The number of ketones is 1. The molecule has 1 heterocycles. The summed E-state index contributed by atoms with van der Waals surface area (Å²) in [5.74, 6) is 1.11. The van der Waals surface area contributed by atoms with Crippen molar-refractivity contribution in [1.82, 2.24) is 9.78 Å². The van der Waals surface area contributed by atoms with Crippen molar-refractivity contribution in [3.8, 4) is 11.5 Å². The van der Waals surface area contributed by atoms with E-state index >= 15 is 0 Å². The van der Waals surface area contributed by atoms with Crippen LogP contribution in [-0.2, 0) is 7.05 Å². The SMILES string of the molecule is COc1ccc(C(=O)c2c(OC)cnn2C)cc1C. The molecule has 0 fully saturated rings. The second kappa shape index (κ2) is 5.14. The van der Waals surface area contributed by atoms with Crippen molar-refractivity contribution in [3.63, 3.8) is 0 Å². The van der Waals surface area contributed by atoms with Crippen LogP contribution in [-0.4, -0.2) is 29.8 Å². The lowest BCUT2D eigenvalue weighted by atomic mass is 10.0. The maximum absolute atomic E-state index is 12.5. The van der Waals surface area contributed by atoms with E-state index in [1.165, 1.54) is 18.0 Å². The van der Waals surface area contributed by atoms with Crippen LogP contribution in [0.5, 0.6) is 11.5 Å². The number of aromatic nitrogens is 2. The molecular weight excluding hydrogens is 244 g/mol. The number of hydrogen-bond donors (Lipinski definition) is 0. The topological polar surface area (TPSA) is 53.4 Å². The predicted molar refractivity (Wildman–Crippen MR) is 70.9 cm³/mol. The van der Waals surface area contributed by atoms with Gasteiger partial charge in [0, 0.05) is 12.6 Å². The van der Waals surface area contributed by atoms with E-state index in [-0.39, 0.29) is 5.78 Å². The normalized spacial score (nSPS) is 10.3. The number of carbonyl (C=O) groups is 1. The third-order valence-corrected chi connectivity index (χ3v) is 3.00. The maximum Gasteiger partial charge on any atom is 0.214 e. The van der Waals surface area contributed by atoms with Gasteiger partial charge in [-0.2, -0.15) is 5.10 Å². The molecule has 0 amide bonds. The minimum atomic E-state index is -0.123. The van der Waals surface area contributed by atoms with E-state index in [9.17, 15) is 4.79 Å². The lowest BCUT2D eigenvalue weighted by Gasteiger charge is -2.08.